The summed E-state index contributed by atoms with van der Waals surface area (Å²) in [4.78, 5) is 75.5. The molecule has 0 radical (unpaired) electrons. The van der Waals surface area contributed by atoms with Crippen molar-refractivity contribution in [2.24, 2.45) is 5.73 Å². The summed E-state index contributed by atoms with van der Waals surface area (Å²) in [6.07, 6.45) is -2.28. The van der Waals surface area contributed by atoms with Crippen LogP contribution in [0.2, 0.25) is 0 Å². The van der Waals surface area contributed by atoms with Crippen LogP contribution in [0.4, 0.5) is 4.79 Å². The van der Waals surface area contributed by atoms with Gasteiger partial charge in [-0.05, 0) is 23.6 Å². The minimum absolute atomic E-state index is 0.0105. The number of primary amides is 1. The number of hydrogen-bond donors (Lipinski definition) is 2. The number of nitrogens with two attached hydrogens (primary N) is 1. The van der Waals surface area contributed by atoms with Gasteiger partial charge >= 0.3 is 6.09 Å². The van der Waals surface area contributed by atoms with Gasteiger partial charge in [0.1, 0.15) is 12.1 Å². The van der Waals surface area contributed by atoms with E-state index in [0.717, 1.165) is 21.8 Å². The highest BCUT2D eigenvalue weighted by Gasteiger charge is 2.54. The minimum Gasteiger partial charge on any atom is -0.447 e. The lowest BCUT2D eigenvalue weighted by molar-refractivity contribution is -0.264. The predicted octanol–water partition coefficient (Wildman–Crippen LogP) is 2.21. The number of nitrogens with zero attached hydrogens (tertiary/aromatic N) is 3. The molecule has 1 unspecified atom stereocenters. The number of benzene rings is 3. The first-order valence-corrected chi connectivity index (χ1v) is 15.7. The first-order valence-electron chi connectivity index (χ1n) is 15.7. The molecule has 2 fully saturated rings. The second-order valence-corrected chi connectivity index (χ2v) is 11.6. The molecular formula is C35H39N5O7. The third-order valence-electron chi connectivity index (χ3n) is 8.26. The summed E-state index contributed by atoms with van der Waals surface area (Å²) in [5, 5.41) is 3.74. The van der Waals surface area contributed by atoms with Crippen molar-refractivity contribution in [1.29, 1.82) is 0 Å². The summed E-state index contributed by atoms with van der Waals surface area (Å²) in [7, 11) is 0. The third kappa shape index (κ3) is 8.14. The molecule has 4 atom stereocenters. The lowest BCUT2D eigenvalue weighted by Crippen LogP contribution is -2.75. The standard InChI is InChI=1S/C35H39N5O7/c1-24-33(43)39-29(22-27-15-9-4-10-16-27)34(44)38(28(21-26-13-7-3-8-14-26)32(42)37-19-17-30(36)41)23-31(39)40(47-24)35(45)46-20-18-25-11-5-2-6-12-25/h2-16,24,28-29,31H,17-23H2,1H3,(H2,36,41)(H,37,42)/t24-,28+,29+,31?/m1/s1. The van der Waals surface area contributed by atoms with E-state index in [9.17, 15) is 24.0 Å². The molecule has 2 aliphatic heterocycles. The van der Waals surface area contributed by atoms with Gasteiger partial charge in [-0.1, -0.05) is 91.0 Å². The Hall–Kier alpha value is -5.23. The molecule has 0 bridgehead atoms. The second kappa shape index (κ2) is 15.4. The zero-order valence-corrected chi connectivity index (χ0v) is 26.2. The number of nitrogens with one attached hydrogen (secondary N) is 1. The number of ether oxygens (including phenoxy) is 1. The number of fused-ring (bicyclic) bond motifs is 1. The summed E-state index contributed by atoms with van der Waals surface area (Å²) in [5.74, 6) is -1.98. The van der Waals surface area contributed by atoms with Gasteiger partial charge in [0.05, 0.1) is 13.2 Å². The normalized spacial score (nSPS) is 19.9. The Morgan fingerprint density at radius 1 is 0.894 bits per heavy atom. The van der Waals surface area contributed by atoms with Crippen LogP contribution in [0.5, 0.6) is 0 Å². The Bertz CT molecular complexity index is 1560. The number of carbonyl (C=O) groups is 5. The molecule has 12 heteroatoms. The van der Waals surface area contributed by atoms with Crippen LogP contribution in [-0.4, -0.2) is 88.6 Å². The van der Waals surface area contributed by atoms with Crippen LogP contribution in [0.25, 0.3) is 0 Å². The molecular weight excluding hydrogens is 602 g/mol. The van der Waals surface area contributed by atoms with E-state index in [0.29, 0.717) is 6.42 Å². The highest BCUT2D eigenvalue weighted by atomic mass is 16.7. The summed E-state index contributed by atoms with van der Waals surface area (Å²) < 4.78 is 5.61. The van der Waals surface area contributed by atoms with E-state index in [2.05, 4.69) is 5.32 Å². The van der Waals surface area contributed by atoms with Crippen molar-refractivity contribution < 1.29 is 33.5 Å². The number of rotatable bonds is 12. The highest BCUT2D eigenvalue weighted by Crippen LogP contribution is 2.31. The van der Waals surface area contributed by atoms with Crippen LogP contribution in [-0.2, 0) is 48.0 Å². The maximum atomic E-state index is 14.5. The van der Waals surface area contributed by atoms with Crippen LogP contribution in [0.1, 0.15) is 30.0 Å². The van der Waals surface area contributed by atoms with Gasteiger partial charge in [-0.15, -0.1) is 0 Å². The van der Waals surface area contributed by atoms with Crippen molar-refractivity contribution in [3.05, 3.63) is 108 Å². The van der Waals surface area contributed by atoms with Crippen molar-refractivity contribution in [1.82, 2.24) is 20.2 Å². The van der Waals surface area contributed by atoms with Crippen molar-refractivity contribution in [3.63, 3.8) is 0 Å². The third-order valence-corrected chi connectivity index (χ3v) is 8.26. The van der Waals surface area contributed by atoms with Crippen LogP contribution in [0, 0.1) is 0 Å². The van der Waals surface area contributed by atoms with Gasteiger partial charge < -0.3 is 25.6 Å². The molecule has 0 aliphatic carbocycles. The SMILES string of the molecule is C[C@H]1ON(C(=O)OCCc2ccccc2)C2CN([C@@H](Cc3ccccc3)C(=O)NCCC(N)=O)C(=O)[C@H](Cc3ccccc3)N2C1=O. The molecule has 12 nitrogen and oxygen atoms in total. The van der Waals surface area contributed by atoms with Gasteiger partial charge in [0.2, 0.25) is 17.7 Å². The Kier molecular flexibility index (Phi) is 10.8. The van der Waals surface area contributed by atoms with E-state index in [1.54, 1.807) is 0 Å². The summed E-state index contributed by atoms with van der Waals surface area (Å²) >= 11 is 0. The molecule has 3 aromatic rings. The average molecular weight is 642 g/mol. The zero-order chi connectivity index (χ0) is 33.3. The van der Waals surface area contributed by atoms with Crippen LogP contribution in [0.15, 0.2) is 91.0 Å². The molecule has 5 amide bonds. The molecule has 47 heavy (non-hydrogen) atoms. The average Bonchev–Trinajstić information content (AvgIpc) is 3.07. The number of carbonyl (C=O) groups excluding carboxylic acids is 5. The van der Waals surface area contributed by atoms with E-state index in [1.807, 2.05) is 91.0 Å². The molecule has 5 rings (SSSR count). The van der Waals surface area contributed by atoms with Crippen molar-refractivity contribution in [3.8, 4) is 0 Å². The fourth-order valence-electron chi connectivity index (χ4n) is 5.90. The van der Waals surface area contributed by atoms with Crippen LogP contribution < -0.4 is 11.1 Å². The van der Waals surface area contributed by atoms with Gasteiger partial charge in [-0.25, -0.2) is 4.79 Å². The summed E-state index contributed by atoms with van der Waals surface area (Å²) in [6, 6.07) is 25.9. The number of piperazine rings is 1. The smallest absolute Gasteiger partial charge is 0.436 e. The van der Waals surface area contributed by atoms with Gasteiger partial charge in [0.25, 0.3) is 5.91 Å². The number of hydroxylamine groups is 2. The molecule has 2 saturated heterocycles. The largest absolute Gasteiger partial charge is 0.447 e. The Morgan fingerprint density at radius 2 is 1.49 bits per heavy atom. The Labute approximate surface area is 273 Å². The van der Waals surface area contributed by atoms with E-state index in [1.165, 1.54) is 16.7 Å². The predicted molar refractivity (Wildman–Crippen MR) is 171 cm³/mol. The Balaban J connectivity index is 1.47. The topological polar surface area (TPSA) is 152 Å². The van der Waals surface area contributed by atoms with E-state index in [-0.39, 0.29) is 39.0 Å². The van der Waals surface area contributed by atoms with Gasteiger partial charge in [0, 0.05) is 32.2 Å². The summed E-state index contributed by atoms with van der Waals surface area (Å²) in [5.41, 5.74) is 7.85. The van der Waals surface area contributed by atoms with Gasteiger partial charge in [0.15, 0.2) is 12.3 Å². The molecule has 0 saturated carbocycles. The second-order valence-electron chi connectivity index (χ2n) is 11.6. The molecule has 0 spiro atoms. The maximum Gasteiger partial charge on any atom is 0.436 e. The molecule has 2 aliphatic rings. The van der Waals surface area contributed by atoms with Crippen molar-refractivity contribution in [2.75, 3.05) is 19.7 Å². The Morgan fingerprint density at radius 3 is 2.11 bits per heavy atom. The zero-order valence-electron chi connectivity index (χ0n) is 26.2. The van der Waals surface area contributed by atoms with Gasteiger partial charge in [-0.3, -0.25) is 24.0 Å². The first kappa shape index (κ1) is 33.1. The quantitative estimate of drug-likeness (QED) is 0.308. The highest BCUT2D eigenvalue weighted by molar-refractivity contribution is 5.95. The maximum absolute atomic E-state index is 14.5. The fourth-order valence-corrected chi connectivity index (χ4v) is 5.90. The lowest BCUT2D eigenvalue weighted by Gasteiger charge is -2.53. The molecule has 246 valence electrons. The molecule has 2 heterocycles. The fraction of sp³-hybridized carbons (Fsp3) is 0.343. The van der Waals surface area contributed by atoms with Gasteiger partial charge in [-0.2, -0.15) is 5.06 Å². The minimum atomic E-state index is -1.08. The van der Waals surface area contributed by atoms with E-state index < -0.39 is 54.1 Å². The summed E-state index contributed by atoms with van der Waals surface area (Å²) in [6.45, 7) is 1.36. The van der Waals surface area contributed by atoms with Crippen molar-refractivity contribution >= 4 is 29.7 Å². The van der Waals surface area contributed by atoms with Crippen LogP contribution in [0.3, 0.4) is 0 Å². The van der Waals surface area contributed by atoms with E-state index >= 15 is 0 Å². The lowest BCUT2D eigenvalue weighted by atomic mass is 9.95. The number of hydrogen-bond acceptors (Lipinski definition) is 7. The number of amides is 5. The monoisotopic (exact) mass is 641 g/mol. The molecule has 3 N–H and O–H groups in total. The van der Waals surface area contributed by atoms with E-state index in [4.69, 9.17) is 15.3 Å². The molecule has 0 aromatic heterocycles. The molecule has 3 aromatic carbocycles. The first-order chi connectivity index (χ1) is 22.7. The van der Waals surface area contributed by atoms with Crippen LogP contribution >= 0.6 is 0 Å². The van der Waals surface area contributed by atoms with Crippen molar-refractivity contribution in [2.45, 2.75) is 57.0 Å².